The first kappa shape index (κ1) is 44.8. The van der Waals surface area contributed by atoms with Crippen molar-refractivity contribution in [3.63, 3.8) is 0 Å². The fourth-order valence-electron chi connectivity index (χ4n) is 12.5. The molecule has 348 valence electrons. The second kappa shape index (κ2) is 15.6. The second-order valence-electron chi connectivity index (χ2n) is 24.1. The summed E-state index contributed by atoms with van der Waals surface area (Å²) in [6, 6.07) is 59.3. The molecule has 0 atom stereocenters. The van der Waals surface area contributed by atoms with Crippen LogP contribution < -0.4 is 20.6 Å². The van der Waals surface area contributed by atoms with Crippen molar-refractivity contribution in [2.45, 2.75) is 118 Å². The quantitative estimate of drug-likeness (QED) is 0.162. The van der Waals surface area contributed by atoms with Crippen molar-refractivity contribution in [1.82, 2.24) is 0 Å². The fourth-order valence-corrected chi connectivity index (χ4v) is 13.6. The third-order valence-corrected chi connectivity index (χ3v) is 17.6. The molecule has 3 aliphatic rings. The van der Waals surface area contributed by atoms with Crippen LogP contribution in [0.1, 0.15) is 115 Å². The highest BCUT2D eigenvalue weighted by Gasteiger charge is 2.49. The molecular weight excluding hydrogens is 864 g/mol. The lowest BCUT2D eigenvalue weighted by atomic mass is 9.42. The van der Waals surface area contributed by atoms with E-state index in [1.165, 1.54) is 126 Å². The highest BCUT2D eigenvalue weighted by Crippen LogP contribution is 2.55. The topological polar surface area (TPSA) is 6.48 Å². The monoisotopic (exact) mass is 928 g/mol. The zero-order chi connectivity index (χ0) is 48.8. The molecule has 0 unspecified atom stereocenters. The Morgan fingerprint density at radius 3 is 1.80 bits per heavy atom. The average molecular weight is 929 g/mol. The highest BCUT2D eigenvalue weighted by molar-refractivity contribution is 7.26. The first-order valence-electron chi connectivity index (χ1n) is 25.6. The van der Waals surface area contributed by atoms with Crippen molar-refractivity contribution >= 4 is 77.7 Å². The molecule has 0 spiro atoms. The van der Waals surface area contributed by atoms with Crippen LogP contribution in [0, 0.1) is 13.8 Å². The molecule has 0 saturated carbocycles. The first-order chi connectivity index (χ1) is 33.3. The summed E-state index contributed by atoms with van der Waals surface area (Å²) >= 11 is 1.92. The van der Waals surface area contributed by atoms with Gasteiger partial charge in [0.2, 0.25) is 0 Å². The Morgan fingerprint density at radius 2 is 1.11 bits per heavy atom. The molecule has 0 N–H and O–H groups in total. The van der Waals surface area contributed by atoms with Crippen molar-refractivity contribution < 1.29 is 0 Å². The van der Waals surface area contributed by atoms with Gasteiger partial charge in [-0.25, -0.2) is 0 Å². The van der Waals surface area contributed by atoms with Gasteiger partial charge in [0.1, 0.15) is 0 Å². The minimum atomic E-state index is -0.134. The SMILES string of the molecule is Cc1cccc(C)c1-c1cc2c3c(c1)N(c1ccc(C(C)(C)C)cc1-c1ccccc1)c1ccc4sc5ccccc5c4c1B3N(c1ccc(C(C)(C)C)cc1)c1cc3c(cc1-2)C(C)(C)CCC3(C)C. The van der Waals surface area contributed by atoms with E-state index >= 15 is 0 Å². The van der Waals surface area contributed by atoms with Gasteiger partial charge in [-0.3, -0.25) is 0 Å². The van der Waals surface area contributed by atoms with E-state index < -0.39 is 0 Å². The Bertz CT molecular complexity index is 3580. The summed E-state index contributed by atoms with van der Waals surface area (Å²) in [6.45, 7) is 28.3. The van der Waals surface area contributed by atoms with Crippen molar-refractivity contribution in [2.75, 3.05) is 9.71 Å². The Hall–Kier alpha value is -6.36. The summed E-state index contributed by atoms with van der Waals surface area (Å²) in [7, 11) is 0. The number of aryl methyl sites for hydroxylation is 2. The lowest BCUT2D eigenvalue weighted by molar-refractivity contribution is 0.332. The Balaban J connectivity index is 1.29. The first-order valence-corrected chi connectivity index (χ1v) is 26.4. The smallest absolute Gasteiger partial charge is 0.333 e. The van der Waals surface area contributed by atoms with Gasteiger partial charge in [-0.05, 0) is 192 Å². The molecule has 70 heavy (non-hydrogen) atoms. The molecule has 0 saturated heterocycles. The van der Waals surface area contributed by atoms with Crippen molar-refractivity contribution in [3.8, 4) is 33.4 Å². The fraction of sp³-hybridized carbons (Fsp3) is 0.273. The van der Waals surface area contributed by atoms with Crippen LogP contribution in [-0.4, -0.2) is 6.85 Å². The Morgan fingerprint density at radius 1 is 0.486 bits per heavy atom. The number of rotatable bonds is 4. The molecule has 1 aromatic heterocycles. The van der Waals surface area contributed by atoms with Gasteiger partial charge in [-0.2, -0.15) is 0 Å². The largest absolute Gasteiger partial charge is 0.376 e. The molecule has 2 aliphatic heterocycles. The van der Waals surface area contributed by atoms with Gasteiger partial charge >= 0.3 is 6.85 Å². The third-order valence-electron chi connectivity index (χ3n) is 16.5. The zero-order valence-electron chi connectivity index (χ0n) is 43.2. The van der Waals surface area contributed by atoms with E-state index in [1.807, 2.05) is 11.3 Å². The summed E-state index contributed by atoms with van der Waals surface area (Å²) in [4.78, 5) is 5.45. The maximum atomic E-state index is 2.77. The highest BCUT2D eigenvalue weighted by atomic mass is 32.1. The predicted octanol–water partition coefficient (Wildman–Crippen LogP) is 17.7. The Labute approximate surface area is 421 Å². The molecule has 8 aromatic carbocycles. The van der Waals surface area contributed by atoms with Gasteiger partial charge in [-0.1, -0.05) is 154 Å². The average Bonchev–Trinajstić information content (AvgIpc) is 3.71. The molecule has 2 nitrogen and oxygen atoms in total. The molecule has 1 aliphatic carbocycles. The number of fused-ring (bicyclic) bond motifs is 9. The van der Waals surface area contributed by atoms with E-state index in [2.05, 4.69) is 244 Å². The third kappa shape index (κ3) is 6.87. The molecule has 0 radical (unpaired) electrons. The molecular formula is C66H65BN2S. The Kier molecular flexibility index (Phi) is 9.97. The van der Waals surface area contributed by atoms with Crippen LogP contribution in [0.5, 0.6) is 0 Å². The molecule has 12 rings (SSSR count). The van der Waals surface area contributed by atoms with Gasteiger partial charge < -0.3 is 9.71 Å². The lowest BCUT2D eigenvalue weighted by Crippen LogP contribution is -2.62. The maximum absolute atomic E-state index is 2.77. The normalized spacial score (nSPS) is 15.7. The van der Waals surface area contributed by atoms with Crippen LogP contribution >= 0.6 is 11.3 Å². The van der Waals surface area contributed by atoms with Crippen LogP contribution in [0.4, 0.5) is 28.4 Å². The number of hydrogen-bond donors (Lipinski definition) is 0. The summed E-state index contributed by atoms with van der Waals surface area (Å²) in [5.41, 5.74) is 24.9. The molecule has 0 fully saturated rings. The van der Waals surface area contributed by atoms with Crippen molar-refractivity contribution in [2.24, 2.45) is 0 Å². The summed E-state index contributed by atoms with van der Waals surface area (Å²) in [5, 5.41) is 2.68. The minimum absolute atomic E-state index is 0.0234. The van der Waals surface area contributed by atoms with E-state index in [1.54, 1.807) is 0 Å². The van der Waals surface area contributed by atoms with E-state index in [0.29, 0.717) is 0 Å². The standard InChI is InChI=1S/C66H65BN2S/c1-40-19-18-20-41(2)59(40)43-35-50-49-38-51-52(66(11,12)34-33-65(51,9)10)39-55(49)69(46-28-25-44(26-29-46)63(3,4)5)67-61(50)56(36-43)68(54-31-32-58-60(62(54)67)47-23-16-17-24-57(47)70-58)53-30-27-45(64(6,7)8)37-48(53)42-21-14-13-15-22-42/h13-32,35-39H,33-34H2,1-12H3. The molecule has 3 heterocycles. The van der Waals surface area contributed by atoms with Gasteiger partial charge in [0.25, 0.3) is 0 Å². The summed E-state index contributed by atoms with van der Waals surface area (Å²) < 4.78 is 2.65. The van der Waals surface area contributed by atoms with E-state index in [4.69, 9.17) is 0 Å². The molecule has 0 amide bonds. The number of hydrogen-bond acceptors (Lipinski definition) is 3. The van der Waals surface area contributed by atoms with Gasteiger partial charge in [0, 0.05) is 43.3 Å². The molecule has 4 heteroatoms. The zero-order valence-corrected chi connectivity index (χ0v) is 44.0. The van der Waals surface area contributed by atoms with E-state index in [0.717, 1.165) is 12.8 Å². The molecule has 0 bridgehead atoms. The van der Waals surface area contributed by atoms with Gasteiger partial charge in [0.05, 0.1) is 5.69 Å². The predicted molar refractivity (Wildman–Crippen MR) is 306 cm³/mol. The van der Waals surface area contributed by atoms with Crippen LogP contribution in [0.3, 0.4) is 0 Å². The second-order valence-corrected chi connectivity index (χ2v) is 25.2. The summed E-state index contributed by atoms with van der Waals surface area (Å²) in [5.74, 6) is 0. The number of anilines is 5. The summed E-state index contributed by atoms with van der Waals surface area (Å²) in [6.07, 6.45) is 2.31. The number of thiophene rings is 1. The van der Waals surface area contributed by atoms with E-state index in [9.17, 15) is 0 Å². The molecule has 9 aromatic rings. The lowest BCUT2D eigenvalue weighted by Gasteiger charge is -2.48. The minimum Gasteiger partial charge on any atom is -0.376 e. The van der Waals surface area contributed by atoms with Crippen LogP contribution in [-0.2, 0) is 21.7 Å². The van der Waals surface area contributed by atoms with Gasteiger partial charge in [0.15, 0.2) is 0 Å². The number of nitrogens with zero attached hydrogens (tertiary/aromatic N) is 2. The number of benzene rings is 8. The van der Waals surface area contributed by atoms with E-state index in [-0.39, 0.29) is 28.5 Å². The van der Waals surface area contributed by atoms with Crippen molar-refractivity contribution in [1.29, 1.82) is 0 Å². The van der Waals surface area contributed by atoms with Gasteiger partial charge in [-0.15, -0.1) is 11.3 Å². The van der Waals surface area contributed by atoms with Crippen LogP contribution in [0.2, 0.25) is 0 Å². The van der Waals surface area contributed by atoms with Crippen LogP contribution in [0.15, 0.2) is 152 Å². The maximum Gasteiger partial charge on any atom is 0.333 e. The van der Waals surface area contributed by atoms with Crippen molar-refractivity contribution in [3.05, 3.63) is 185 Å². The van der Waals surface area contributed by atoms with Crippen LogP contribution in [0.25, 0.3) is 53.6 Å².